The number of halogens is 1. The van der Waals surface area contributed by atoms with Crippen molar-refractivity contribution in [1.82, 2.24) is 10.2 Å². The van der Waals surface area contributed by atoms with Gasteiger partial charge in [-0.05, 0) is 49.9 Å². The van der Waals surface area contributed by atoms with Crippen molar-refractivity contribution < 1.29 is 23.5 Å². The molecule has 0 aromatic heterocycles. The van der Waals surface area contributed by atoms with Crippen LogP contribution in [-0.2, 0) is 4.79 Å². The third-order valence-corrected chi connectivity index (χ3v) is 6.57. The van der Waals surface area contributed by atoms with Gasteiger partial charge in [-0.3, -0.25) is 9.59 Å². The summed E-state index contributed by atoms with van der Waals surface area (Å²) in [5.41, 5.74) is 0.353. The third-order valence-electron chi connectivity index (χ3n) is 6.57. The van der Waals surface area contributed by atoms with Crippen molar-refractivity contribution in [2.45, 2.75) is 38.5 Å². The molecule has 0 radical (unpaired) electrons. The predicted octanol–water partition coefficient (Wildman–Crippen LogP) is 4.20. The van der Waals surface area contributed by atoms with Crippen LogP contribution in [0, 0.1) is 11.2 Å². The number of piperidine rings is 1. The molecule has 0 saturated carbocycles. The number of amides is 2. The number of nitrogens with one attached hydrogen (secondary N) is 1. The second-order valence-electron chi connectivity index (χ2n) is 8.98. The van der Waals surface area contributed by atoms with E-state index in [1.807, 2.05) is 18.2 Å². The summed E-state index contributed by atoms with van der Waals surface area (Å²) in [5.74, 6) is -0.107. The maximum Gasteiger partial charge on any atom is 0.260 e. The fraction of sp³-hybridized carbons (Fsp3) is 0.462. The second kappa shape index (κ2) is 10.7. The zero-order valence-corrected chi connectivity index (χ0v) is 18.9. The first-order chi connectivity index (χ1) is 16.1. The molecule has 2 aliphatic rings. The summed E-state index contributed by atoms with van der Waals surface area (Å²) in [6.45, 7) is 2.08. The van der Waals surface area contributed by atoms with Crippen molar-refractivity contribution >= 4 is 11.8 Å². The molecule has 4 rings (SSSR count). The lowest BCUT2D eigenvalue weighted by atomic mass is 9.75. The van der Waals surface area contributed by atoms with E-state index in [1.165, 1.54) is 12.1 Å². The number of nitrogens with zero attached hydrogens (tertiary/aromatic N) is 1. The first-order valence-electron chi connectivity index (χ1n) is 11.7. The molecule has 7 heteroatoms. The van der Waals surface area contributed by atoms with Crippen LogP contribution >= 0.6 is 0 Å². The highest BCUT2D eigenvalue weighted by Gasteiger charge is 2.37. The Bertz CT molecular complexity index is 982. The van der Waals surface area contributed by atoms with E-state index in [2.05, 4.69) is 5.32 Å². The predicted molar refractivity (Wildman–Crippen MR) is 123 cm³/mol. The van der Waals surface area contributed by atoms with Gasteiger partial charge in [0.2, 0.25) is 0 Å². The Hall–Kier alpha value is -3.09. The van der Waals surface area contributed by atoms with Gasteiger partial charge in [-0.15, -0.1) is 0 Å². The zero-order chi connectivity index (χ0) is 23.1. The van der Waals surface area contributed by atoms with Crippen molar-refractivity contribution in [2.24, 2.45) is 5.41 Å². The highest BCUT2D eigenvalue weighted by Crippen LogP contribution is 2.35. The van der Waals surface area contributed by atoms with E-state index in [1.54, 1.807) is 23.1 Å². The molecular weight excluding hydrogens is 423 g/mol. The summed E-state index contributed by atoms with van der Waals surface area (Å²) < 4.78 is 25.1. The summed E-state index contributed by atoms with van der Waals surface area (Å²) in [5, 5.41) is 3.10. The van der Waals surface area contributed by atoms with Crippen molar-refractivity contribution in [3.63, 3.8) is 0 Å². The standard InChI is InChI=1S/C26H31FN2O4/c27-21-10-3-5-12-23(21)33-17-24(30)29-15-8-14-26(19-29)13-6-1-7-16-32-22-11-4-2-9-20(22)25(31)28-18-26/h2-5,9-12H,1,6-8,13-19H2,(H,28,31). The SMILES string of the molecule is O=C1NCC2(CCCCCOc3ccccc31)CCCN(C(=O)COc1ccccc1F)C2. The van der Waals surface area contributed by atoms with Crippen LogP contribution in [0.3, 0.4) is 0 Å². The summed E-state index contributed by atoms with van der Waals surface area (Å²) >= 11 is 0. The van der Waals surface area contributed by atoms with Crippen LogP contribution in [0.4, 0.5) is 4.39 Å². The largest absolute Gasteiger partial charge is 0.493 e. The van der Waals surface area contributed by atoms with E-state index in [4.69, 9.17) is 9.47 Å². The second-order valence-corrected chi connectivity index (χ2v) is 8.98. The molecule has 0 bridgehead atoms. The molecule has 1 spiro atoms. The number of benzene rings is 2. The van der Waals surface area contributed by atoms with Gasteiger partial charge in [-0.25, -0.2) is 4.39 Å². The molecule has 1 fully saturated rings. The molecule has 2 aliphatic heterocycles. The molecule has 6 nitrogen and oxygen atoms in total. The first kappa shape index (κ1) is 23.1. The Kier molecular flexibility index (Phi) is 7.47. The number of likely N-dealkylation sites (tertiary alicyclic amines) is 1. The number of para-hydroxylation sites is 2. The third kappa shape index (κ3) is 5.83. The Morgan fingerprint density at radius 3 is 2.73 bits per heavy atom. The smallest absolute Gasteiger partial charge is 0.260 e. The number of ether oxygens (including phenoxy) is 2. The Labute approximate surface area is 194 Å². The van der Waals surface area contributed by atoms with E-state index >= 15 is 0 Å². The number of fused-ring (bicyclic) bond motifs is 1. The lowest BCUT2D eigenvalue weighted by molar-refractivity contribution is -0.137. The average molecular weight is 455 g/mol. The molecule has 2 amide bonds. The van der Waals surface area contributed by atoms with Gasteiger partial charge in [0.05, 0.1) is 12.2 Å². The molecule has 1 N–H and O–H groups in total. The molecule has 2 aromatic carbocycles. The summed E-state index contributed by atoms with van der Waals surface area (Å²) in [6.07, 6.45) is 5.69. The monoisotopic (exact) mass is 454 g/mol. The molecular formula is C26H31FN2O4. The highest BCUT2D eigenvalue weighted by atomic mass is 19.1. The van der Waals surface area contributed by atoms with Crippen molar-refractivity contribution in [3.05, 3.63) is 59.9 Å². The molecule has 0 aliphatic carbocycles. The average Bonchev–Trinajstić information content (AvgIpc) is 2.84. The van der Waals surface area contributed by atoms with Gasteiger partial charge in [0, 0.05) is 25.0 Å². The summed E-state index contributed by atoms with van der Waals surface area (Å²) in [4.78, 5) is 27.6. The summed E-state index contributed by atoms with van der Waals surface area (Å²) in [6, 6.07) is 13.4. The van der Waals surface area contributed by atoms with Gasteiger partial charge in [0.1, 0.15) is 5.75 Å². The minimum absolute atomic E-state index is 0.0803. The van der Waals surface area contributed by atoms with Gasteiger partial charge < -0.3 is 19.7 Å². The fourth-order valence-corrected chi connectivity index (χ4v) is 4.75. The van der Waals surface area contributed by atoms with E-state index in [9.17, 15) is 14.0 Å². The van der Waals surface area contributed by atoms with E-state index in [0.717, 1.165) is 38.5 Å². The molecule has 2 heterocycles. The number of rotatable bonds is 3. The first-order valence-corrected chi connectivity index (χ1v) is 11.7. The summed E-state index contributed by atoms with van der Waals surface area (Å²) in [7, 11) is 0. The molecule has 1 saturated heterocycles. The normalized spacial score (nSPS) is 21.7. The molecule has 2 aromatic rings. The molecule has 176 valence electrons. The number of hydrogen-bond acceptors (Lipinski definition) is 4. The van der Waals surface area contributed by atoms with Crippen LogP contribution in [-0.4, -0.2) is 49.6 Å². The van der Waals surface area contributed by atoms with Gasteiger partial charge in [0.15, 0.2) is 18.2 Å². The lowest BCUT2D eigenvalue weighted by Gasteiger charge is -2.43. The number of carbonyl (C=O) groups is 2. The Balaban J connectivity index is 1.43. The van der Waals surface area contributed by atoms with Crippen LogP contribution in [0.15, 0.2) is 48.5 Å². The van der Waals surface area contributed by atoms with Gasteiger partial charge >= 0.3 is 0 Å². The van der Waals surface area contributed by atoms with Crippen molar-refractivity contribution in [2.75, 3.05) is 32.8 Å². The quantitative estimate of drug-likeness (QED) is 0.755. The van der Waals surface area contributed by atoms with Gasteiger partial charge in [-0.2, -0.15) is 0 Å². The Morgan fingerprint density at radius 1 is 1.06 bits per heavy atom. The maximum absolute atomic E-state index is 13.8. The van der Waals surface area contributed by atoms with Crippen LogP contribution < -0.4 is 14.8 Å². The van der Waals surface area contributed by atoms with E-state index in [0.29, 0.717) is 37.6 Å². The minimum Gasteiger partial charge on any atom is -0.493 e. The zero-order valence-electron chi connectivity index (χ0n) is 18.9. The maximum atomic E-state index is 13.8. The van der Waals surface area contributed by atoms with Crippen molar-refractivity contribution in [3.8, 4) is 11.5 Å². The molecule has 1 unspecified atom stereocenters. The molecule has 1 atom stereocenters. The van der Waals surface area contributed by atoms with Crippen LogP contribution in [0.25, 0.3) is 0 Å². The molecule has 33 heavy (non-hydrogen) atoms. The fourth-order valence-electron chi connectivity index (χ4n) is 4.75. The van der Waals surface area contributed by atoms with Gasteiger partial charge in [-0.1, -0.05) is 37.1 Å². The lowest BCUT2D eigenvalue weighted by Crippen LogP contribution is -2.52. The number of hydrogen-bond donors (Lipinski definition) is 1. The van der Waals surface area contributed by atoms with Gasteiger partial charge in [0.25, 0.3) is 11.8 Å². The van der Waals surface area contributed by atoms with Crippen LogP contribution in [0.1, 0.15) is 48.9 Å². The topological polar surface area (TPSA) is 67.9 Å². The number of carbonyl (C=O) groups excluding carboxylic acids is 2. The van der Waals surface area contributed by atoms with Crippen LogP contribution in [0.5, 0.6) is 11.5 Å². The van der Waals surface area contributed by atoms with E-state index < -0.39 is 5.82 Å². The van der Waals surface area contributed by atoms with Crippen molar-refractivity contribution in [1.29, 1.82) is 0 Å². The minimum atomic E-state index is -0.480. The Morgan fingerprint density at radius 2 is 1.85 bits per heavy atom. The van der Waals surface area contributed by atoms with Crippen LogP contribution in [0.2, 0.25) is 0 Å². The highest BCUT2D eigenvalue weighted by molar-refractivity contribution is 5.96. The van der Waals surface area contributed by atoms with E-state index in [-0.39, 0.29) is 29.6 Å².